The fraction of sp³-hybridized carbons (Fsp3) is 0.900. The van der Waals surface area contributed by atoms with E-state index in [1.165, 1.54) is 0 Å². The fourth-order valence-corrected chi connectivity index (χ4v) is 1.65. The number of nitriles is 1. The summed E-state index contributed by atoms with van der Waals surface area (Å²) in [5.41, 5.74) is 6.27. The zero-order valence-electron chi connectivity index (χ0n) is 8.67. The summed E-state index contributed by atoms with van der Waals surface area (Å²) in [5, 5.41) is 8.67. The summed E-state index contributed by atoms with van der Waals surface area (Å²) in [6.07, 6.45) is 2.07. The van der Waals surface area contributed by atoms with E-state index in [4.69, 9.17) is 5.26 Å². The van der Waals surface area contributed by atoms with E-state index in [0.717, 1.165) is 12.8 Å². The molecule has 1 fully saturated rings. The second-order valence-electron chi connectivity index (χ2n) is 4.26. The van der Waals surface area contributed by atoms with E-state index in [9.17, 15) is 0 Å². The molecule has 0 aromatic carbocycles. The average molecular weight is 181 g/mol. The van der Waals surface area contributed by atoms with Crippen molar-refractivity contribution in [3.05, 3.63) is 0 Å². The third kappa shape index (κ3) is 2.68. The largest absolute Gasteiger partial charge is 0.253 e. The molecular weight excluding hydrogens is 162 g/mol. The molecule has 0 radical (unpaired) electrons. The lowest BCUT2D eigenvalue weighted by atomic mass is 9.86. The van der Waals surface area contributed by atoms with Crippen LogP contribution in [0.3, 0.4) is 0 Å². The van der Waals surface area contributed by atoms with Crippen molar-refractivity contribution in [2.45, 2.75) is 45.7 Å². The molecule has 1 aliphatic heterocycles. The number of nitrogens with one attached hydrogen (secondary N) is 2. The maximum absolute atomic E-state index is 8.67. The van der Waals surface area contributed by atoms with Crippen LogP contribution in [-0.4, -0.2) is 12.1 Å². The van der Waals surface area contributed by atoms with Crippen LogP contribution in [0.5, 0.6) is 0 Å². The maximum atomic E-state index is 8.67. The Morgan fingerprint density at radius 3 is 2.31 bits per heavy atom. The highest BCUT2D eigenvalue weighted by molar-refractivity contribution is 4.93. The average Bonchev–Trinajstić information content (AvgIpc) is 2.17. The first-order chi connectivity index (χ1) is 6.15. The van der Waals surface area contributed by atoms with E-state index in [2.05, 4.69) is 37.7 Å². The fourth-order valence-electron chi connectivity index (χ4n) is 1.65. The van der Waals surface area contributed by atoms with Crippen LogP contribution in [0.4, 0.5) is 0 Å². The summed E-state index contributed by atoms with van der Waals surface area (Å²) in [6, 6.07) is 2.73. The van der Waals surface area contributed by atoms with Gasteiger partial charge >= 0.3 is 0 Å². The van der Waals surface area contributed by atoms with Crippen molar-refractivity contribution >= 4 is 0 Å². The first kappa shape index (κ1) is 10.5. The molecule has 0 saturated carbocycles. The molecule has 0 amide bonds. The van der Waals surface area contributed by atoms with Gasteiger partial charge in [0.05, 0.1) is 6.07 Å². The Morgan fingerprint density at radius 1 is 1.23 bits per heavy atom. The molecule has 3 heteroatoms. The molecular formula is C10H19N3. The van der Waals surface area contributed by atoms with Crippen LogP contribution in [0.2, 0.25) is 0 Å². The Bertz CT molecular complexity index is 187. The summed E-state index contributed by atoms with van der Waals surface area (Å²) in [6.45, 7) is 6.74. The topological polar surface area (TPSA) is 47.9 Å². The van der Waals surface area contributed by atoms with E-state index >= 15 is 0 Å². The summed E-state index contributed by atoms with van der Waals surface area (Å²) in [5.74, 6) is 1.35. The van der Waals surface area contributed by atoms with Gasteiger partial charge in [0, 0.05) is 6.04 Å². The molecule has 1 rings (SSSR count). The zero-order chi connectivity index (χ0) is 9.84. The van der Waals surface area contributed by atoms with Crippen LogP contribution in [-0.2, 0) is 0 Å². The van der Waals surface area contributed by atoms with Gasteiger partial charge in [0.1, 0.15) is 6.04 Å². The Balaban J connectivity index is 2.37. The van der Waals surface area contributed by atoms with Crippen LogP contribution in [0.15, 0.2) is 0 Å². The lowest BCUT2D eigenvalue weighted by molar-refractivity contribution is 0.211. The number of hydrazine groups is 1. The molecule has 3 atom stereocenters. The summed E-state index contributed by atoms with van der Waals surface area (Å²) in [7, 11) is 0. The second-order valence-corrected chi connectivity index (χ2v) is 4.26. The van der Waals surface area contributed by atoms with Crippen molar-refractivity contribution in [1.29, 1.82) is 5.26 Å². The number of nitrogens with zero attached hydrogens (tertiary/aromatic N) is 1. The Hall–Kier alpha value is -0.590. The highest BCUT2D eigenvalue weighted by Crippen LogP contribution is 2.20. The van der Waals surface area contributed by atoms with E-state index in [-0.39, 0.29) is 6.04 Å². The van der Waals surface area contributed by atoms with Gasteiger partial charge in [-0.3, -0.25) is 5.43 Å². The Kier molecular flexibility index (Phi) is 3.71. The van der Waals surface area contributed by atoms with Gasteiger partial charge in [-0.1, -0.05) is 20.8 Å². The van der Waals surface area contributed by atoms with Gasteiger partial charge in [0.25, 0.3) is 0 Å². The van der Waals surface area contributed by atoms with Crippen LogP contribution < -0.4 is 10.9 Å². The molecule has 1 aliphatic rings. The van der Waals surface area contributed by atoms with Crippen molar-refractivity contribution in [1.82, 2.24) is 10.9 Å². The van der Waals surface area contributed by atoms with Crippen LogP contribution in [0, 0.1) is 23.2 Å². The van der Waals surface area contributed by atoms with Crippen LogP contribution in [0.25, 0.3) is 0 Å². The van der Waals surface area contributed by atoms with Gasteiger partial charge < -0.3 is 0 Å². The maximum Gasteiger partial charge on any atom is 0.108 e. The molecule has 13 heavy (non-hydrogen) atoms. The predicted molar refractivity (Wildman–Crippen MR) is 52.7 cm³/mol. The minimum Gasteiger partial charge on any atom is -0.253 e. The lowest BCUT2D eigenvalue weighted by Gasteiger charge is -2.33. The molecule has 3 nitrogen and oxygen atoms in total. The molecule has 1 saturated heterocycles. The van der Waals surface area contributed by atoms with Gasteiger partial charge in [0.15, 0.2) is 0 Å². The molecule has 0 aromatic heterocycles. The third-order valence-corrected chi connectivity index (χ3v) is 3.05. The molecule has 74 valence electrons. The molecule has 2 N–H and O–H groups in total. The summed E-state index contributed by atoms with van der Waals surface area (Å²) < 4.78 is 0. The van der Waals surface area contributed by atoms with E-state index in [1.807, 2.05) is 0 Å². The zero-order valence-corrected chi connectivity index (χ0v) is 8.67. The third-order valence-electron chi connectivity index (χ3n) is 3.05. The molecule has 0 bridgehead atoms. The smallest absolute Gasteiger partial charge is 0.108 e. The number of hydrogen-bond donors (Lipinski definition) is 2. The minimum atomic E-state index is -0.00406. The van der Waals surface area contributed by atoms with Gasteiger partial charge in [0.2, 0.25) is 0 Å². The molecule has 3 unspecified atom stereocenters. The monoisotopic (exact) mass is 181 g/mol. The molecule has 1 heterocycles. The van der Waals surface area contributed by atoms with Gasteiger partial charge in [-0.15, -0.1) is 0 Å². The lowest BCUT2D eigenvalue weighted by Crippen LogP contribution is -2.54. The first-order valence-electron chi connectivity index (χ1n) is 5.05. The van der Waals surface area contributed by atoms with Gasteiger partial charge in [-0.2, -0.15) is 5.26 Å². The van der Waals surface area contributed by atoms with Crippen molar-refractivity contribution in [3.8, 4) is 6.07 Å². The van der Waals surface area contributed by atoms with E-state index in [0.29, 0.717) is 17.9 Å². The molecule has 0 aromatic rings. The van der Waals surface area contributed by atoms with Crippen molar-refractivity contribution < 1.29 is 0 Å². The van der Waals surface area contributed by atoms with Gasteiger partial charge in [-0.25, -0.2) is 5.43 Å². The summed E-state index contributed by atoms with van der Waals surface area (Å²) in [4.78, 5) is 0. The Morgan fingerprint density at radius 2 is 1.92 bits per heavy atom. The highest BCUT2D eigenvalue weighted by Gasteiger charge is 2.25. The van der Waals surface area contributed by atoms with Crippen molar-refractivity contribution in [3.63, 3.8) is 0 Å². The minimum absolute atomic E-state index is 0.00406. The molecule has 0 aliphatic carbocycles. The van der Waals surface area contributed by atoms with E-state index < -0.39 is 0 Å². The van der Waals surface area contributed by atoms with Crippen molar-refractivity contribution in [2.24, 2.45) is 11.8 Å². The quantitative estimate of drug-likeness (QED) is 0.677. The van der Waals surface area contributed by atoms with E-state index in [1.54, 1.807) is 0 Å². The Labute approximate surface area is 80.5 Å². The highest BCUT2D eigenvalue weighted by atomic mass is 15.4. The summed E-state index contributed by atoms with van der Waals surface area (Å²) >= 11 is 0. The predicted octanol–water partition coefficient (Wildman–Crippen LogP) is 1.43. The van der Waals surface area contributed by atoms with Gasteiger partial charge in [-0.05, 0) is 24.7 Å². The normalized spacial score (nSPS) is 31.3. The number of rotatable bonds is 2. The molecule has 0 spiro atoms. The van der Waals surface area contributed by atoms with Crippen LogP contribution in [0.1, 0.15) is 33.6 Å². The van der Waals surface area contributed by atoms with Crippen molar-refractivity contribution in [2.75, 3.05) is 0 Å². The van der Waals surface area contributed by atoms with Crippen LogP contribution >= 0.6 is 0 Å². The second kappa shape index (κ2) is 4.59. The number of hydrogen-bond acceptors (Lipinski definition) is 3. The standard InChI is InChI=1S/C10H19N3/c1-7(2)8(3)10-5-4-9(6-11)12-13-10/h7-10,12-13H,4-5H2,1-3H3. The SMILES string of the molecule is CC(C)C(C)C1CCC(C#N)NN1. The first-order valence-corrected chi connectivity index (χ1v) is 5.05.